The van der Waals surface area contributed by atoms with Crippen molar-refractivity contribution >= 4 is 105 Å². The Labute approximate surface area is 576 Å². The molecule has 2 aromatic carbocycles. The third-order valence-electron chi connectivity index (χ3n) is 16.6. The first-order valence-corrected chi connectivity index (χ1v) is 41.0. The summed E-state index contributed by atoms with van der Waals surface area (Å²) in [7, 11) is -37.4. The Balaban J connectivity index is 0.788. The number of hydrogen-bond acceptors (Lipinski definition) is 23. The molecule has 8 rings (SSSR count). The molecule has 0 bridgehead atoms. The first-order chi connectivity index (χ1) is 46.8. The Morgan fingerprint density at radius 3 is 1.98 bits per heavy atom. The molecule has 4 aliphatic rings. The molecule has 2 saturated heterocycles. The summed E-state index contributed by atoms with van der Waals surface area (Å²) in [5.74, 6) is -1.21. The summed E-state index contributed by atoms with van der Waals surface area (Å²) in [5.41, 5.74) is 12.1. The number of carbonyl (C=O) groups excluding carboxylic acids is 4. The SMILES string of the molecule is CCCCN1C(=CC=CC=CC2=[N+](CCC)c3cccc(C(=O)NCCCC(=O)N4CCC(OP(=O)(O)OP(=O)(O)OP(=O)(O)OP(=O)(O)OP(=O)(O)OP(=O)(O)OC[C@H]5O[C@@H](n6cnc7c(N)ccnc76)C[C@H]5O)CC4)c3C2(C)C)C(C)(C)c2c(C(=O)NCC)cc(C(=O)NCC)cc21. The number of pyridine rings is 1. The molecule has 550 valence electrons. The van der Waals surface area contributed by atoms with Gasteiger partial charge in [0.2, 0.25) is 11.6 Å². The number of phosphoric acid groups is 6. The van der Waals surface area contributed by atoms with Crippen LogP contribution in [0.25, 0.3) is 11.2 Å². The van der Waals surface area contributed by atoms with E-state index < -0.39 is 88.9 Å². The number of aliphatic hydroxyl groups excluding tert-OH is 1. The van der Waals surface area contributed by atoms with Gasteiger partial charge in [-0.25, -0.2) is 37.4 Å². The monoisotopic (exact) mass is 1520 g/mol. The number of aliphatic hydroxyl groups is 1. The van der Waals surface area contributed by atoms with Crippen LogP contribution in [0.5, 0.6) is 0 Å². The highest BCUT2D eigenvalue weighted by Crippen LogP contribution is 2.75. The fourth-order valence-electron chi connectivity index (χ4n) is 12.3. The number of fused-ring (bicyclic) bond motifs is 3. The second-order valence-electron chi connectivity index (χ2n) is 24.6. The number of imidazole rings is 1. The number of unbranched alkanes of at least 4 members (excludes halogenated alkanes) is 1. The minimum Gasteiger partial charge on any atom is -0.397 e. The second kappa shape index (κ2) is 32.5. The van der Waals surface area contributed by atoms with Crippen LogP contribution in [-0.2, 0) is 78.4 Å². The Hall–Kier alpha value is -5.79. The number of nitrogens with one attached hydrogen (secondary N) is 3. The number of allylic oxidation sites excluding steroid dienone is 6. The van der Waals surface area contributed by atoms with E-state index in [0.717, 1.165) is 53.2 Å². The zero-order valence-corrected chi connectivity index (χ0v) is 61.4. The van der Waals surface area contributed by atoms with E-state index in [1.165, 1.54) is 28.1 Å². The van der Waals surface area contributed by atoms with Crippen LogP contribution < -0.4 is 26.6 Å². The third-order valence-corrected chi connectivity index (χ3v) is 25.9. The zero-order valence-electron chi connectivity index (χ0n) is 56.1. The van der Waals surface area contributed by atoms with E-state index in [2.05, 4.69) is 109 Å². The van der Waals surface area contributed by atoms with Gasteiger partial charge in [0.15, 0.2) is 11.4 Å². The van der Waals surface area contributed by atoms with Crippen molar-refractivity contribution in [3.05, 3.63) is 113 Å². The molecule has 0 saturated carbocycles. The summed E-state index contributed by atoms with van der Waals surface area (Å²) < 4.78 is 114. The van der Waals surface area contributed by atoms with Crippen LogP contribution >= 0.6 is 46.9 Å². The lowest BCUT2D eigenvalue weighted by molar-refractivity contribution is -0.437. The number of ether oxygens (including phenoxy) is 1. The number of piperidine rings is 1. The number of anilines is 2. The first-order valence-electron chi connectivity index (χ1n) is 32.0. The molecule has 2 aromatic heterocycles. The lowest BCUT2D eigenvalue weighted by Gasteiger charge is -2.32. The third kappa shape index (κ3) is 19.5. The Morgan fingerprint density at radius 1 is 0.730 bits per heavy atom. The standard InChI is InChI=1S/C59H84N10O25P6/c1-9-13-30-68-44-34-38(55(72)61-11-3)33-41(57(74)62-12-4)52(44)59(7,8)48(68)22-16-14-15-21-47-58(5,6)51-40(19-17-20-43(51)67(47)29-10-2)56(73)64-27-18-23-49(71)66-31-25-39(26-32-66)89-96(77,78)91-98(81,82)93-100(85,86)94-99(83,84)92-97(79,80)90-95(75,76)87-36-46-45(70)35-50(88-46)69-37-65-53-42(60)24-28-63-54(53)69/h14-17,19-22,24,28,33-34,37,39,45-46,50,70H,9-13,18,23,25-27,29-32,35-36H2,1-8H3,(H10-,60,61,62,63,64,72,73,74,75,76,77,78,79,80,81,82,83,84,85,86)/p+1/t45-,46-,50-/m1/s1. The van der Waals surface area contributed by atoms with Gasteiger partial charge in [-0.2, -0.15) is 26.1 Å². The molecule has 12 N–H and O–H groups in total. The normalized spacial score (nSPS) is 22.4. The fourth-order valence-corrected chi connectivity index (χ4v) is 20.3. The Kier molecular flexibility index (Phi) is 26.0. The van der Waals surface area contributed by atoms with Crippen molar-refractivity contribution in [1.29, 1.82) is 0 Å². The number of benzene rings is 2. The molecule has 6 heterocycles. The number of hydrogen-bond donors (Lipinski definition) is 11. The van der Waals surface area contributed by atoms with Gasteiger partial charge < -0.3 is 70.7 Å². The molecular weight excluding hydrogens is 1430 g/mol. The molecule has 4 amide bonds. The quantitative estimate of drug-likeness (QED) is 0.00921. The molecule has 41 heteroatoms. The molecule has 0 aliphatic carbocycles. The minimum atomic E-state index is -6.55. The lowest BCUT2D eigenvalue weighted by Crippen LogP contribution is -2.40. The van der Waals surface area contributed by atoms with E-state index >= 15 is 0 Å². The summed E-state index contributed by atoms with van der Waals surface area (Å²) in [5, 5.41) is 19.3. The summed E-state index contributed by atoms with van der Waals surface area (Å²) in [4.78, 5) is 127. The van der Waals surface area contributed by atoms with E-state index in [4.69, 9.17) is 15.0 Å². The predicted octanol–water partition coefficient (Wildman–Crippen LogP) is 8.46. The van der Waals surface area contributed by atoms with Gasteiger partial charge in [0.25, 0.3) is 17.7 Å². The molecule has 9 atom stereocenters. The number of phosphoric ester groups is 2. The predicted molar refractivity (Wildman–Crippen MR) is 363 cm³/mol. The van der Waals surface area contributed by atoms with Gasteiger partial charge in [0.05, 0.1) is 47.4 Å². The van der Waals surface area contributed by atoms with Crippen LogP contribution in [0.4, 0.5) is 17.1 Å². The maximum Gasteiger partial charge on any atom is 0.490 e. The lowest BCUT2D eigenvalue weighted by atomic mass is 9.78. The average molecular weight is 1520 g/mol. The van der Waals surface area contributed by atoms with Crippen LogP contribution in [0.1, 0.15) is 155 Å². The average Bonchev–Trinajstić information content (AvgIpc) is 1.58. The van der Waals surface area contributed by atoms with Crippen molar-refractivity contribution in [2.24, 2.45) is 0 Å². The van der Waals surface area contributed by atoms with Crippen LogP contribution in [0, 0.1) is 0 Å². The number of nitrogen functional groups attached to an aromatic ring is 1. The molecule has 6 unspecified atom stereocenters. The van der Waals surface area contributed by atoms with Crippen LogP contribution in [0.3, 0.4) is 0 Å². The highest BCUT2D eigenvalue weighted by molar-refractivity contribution is 7.72. The summed E-state index contributed by atoms with van der Waals surface area (Å²) in [6.07, 6.45) is 9.97. The number of carbonyl (C=O) groups is 4. The number of likely N-dealkylation sites (tertiary alicyclic amines) is 1. The van der Waals surface area contributed by atoms with Crippen LogP contribution in [0.2, 0.25) is 0 Å². The van der Waals surface area contributed by atoms with Gasteiger partial charge in [0, 0.05) is 110 Å². The van der Waals surface area contributed by atoms with Crippen LogP contribution in [0.15, 0.2) is 85.0 Å². The maximum atomic E-state index is 14.0. The topological polar surface area (TPSA) is 488 Å². The largest absolute Gasteiger partial charge is 0.490 e. The number of nitrogens with zero attached hydrogens (tertiary/aromatic N) is 6. The molecule has 4 aromatic rings. The number of aromatic nitrogens is 3. The summed E-state index contributed by atoms with van der Waals surface area (Å²) in [6.45, 7) is 17.3. The highest BCUT2D eigenvalue weighted by Gasteiger charge is 2.52. The van der Waals surface area contributed by atoms with Crippen molar-refractivity contribution in [2.45, 2.75) is 142 Å². The second-order valence-corrected chi connectivity index (χ2v) is 34.0. The molecule has 35 nitrogen and oxygen atoms in total. The van der Waals surface area contributed by atoms with Crippen LogP contribution in [-0.4, -0.2) is 159 Å². The smallest absolute Gasteiger partial charge is 0.397 e. The number of nitrogens with two attached hydrogens (primary N) is 1. The molecule has 0 spiro atoms. The van der Waals surface area contributed by atoms with Crippen molar-refractivity contribution in [3.8, 4) is 0 Å². The highest BCUT2D eigenvalue weighted by atomic mass is 31.3. The van der Waals surface area contributed by atoms with E-state index in [0.29, 0.717) is 48.4 Å². The molecule has 4 aliphatic heterocycles. The van der Waals surface area contributed by atoms with E-state index in [9.17, 15) is 81.0 Å². The molecule has 100 heavy (non-hydrogen) atoms. The maximum absolute atomic E-state index is 14.0. The Morgan fingerprint density at radius 2 is 1.35 bits per heavy atom. The zero-order chi connectivity index (χ0) is 73.6. The first kappa shape index (κ1) is 79.9. The van der Waals surface area contributed by atoms with Gasteiger partial charge in [-0.1, -0.05) is 58.4 Å². The van der Waals surface area contributed by atoms with Gasteiger partial charge in [-0.15, -0.1) is 0 Å². The van der Waals surface area contributed by atoms with Crippen molar-refractivity contribution in [1.82, 2.24) is 35.4 Å². The summed E-state index contributed by atoms with van der Waals surface area (Å²) in [6, 6.07) is 10.6. The summed E-state index contributed by atoms with van der Waals surface area (Å²) >= 11 is 0. The fraction of sp³-hybridized carbons (Fsp3) is 0.508. The molecule has 0 radical (unpaired) electrons. The Bertz CT molecular complexity index is 4190. The van der Waals surface area contributed by atoms with Gasteiger partial charge in [0.1, 0.15) is 24.4 Å². The van der Waals surface area contributed by atoms with E-state index in [1.807, 2.05) is 56.4 Å². The number of amides is 4. The van der Waals surface area contributed by atoms with Gasteiger partial charge >= 0.3 is 46.9 Å². The van der Waals surface area contributed by atoms with E-state index in [1.54, 1.807) is 12.1 Å². The van der Waals surface area contributed by atoms with Crippen molar-refractivity contribution < 1.29 is 121 Å². The molecular formula is C59H85N10O25P6+. The van der Waals surface area contributed by atoms with Gasteiger partial charge in [-0.3, -0.25) is 32.8 Å². The van der Waals surface area contributed by atoms with Gasteiger partial charge in [-0.05, 0) is 83.7 Å². The number of rotatable bonds is 33. The van der Waals surface area contributed by atoms with E-state index in [-0.39, 0.29) is 86.7 Å². The minimum absolute atomic E-state index is 0.0232. The van der Waals surface area contributed by atoms with Crippen molar-refractivity contribution in [3.63, 3.8) is 0 Å². The van der Waals surface area contributed by atoms with Crippen molar-refractivity contribution in [2.75, 3.05) is 63.1 Å². The molecule has 2 fully saturated rings.